The van der Waals surface area contributed by atoms with Crippen LogP contribution in [0.1, 0.15) is 16.1 Å². The van der Waals surface area contributed by atoms with E-state index in [1.807, 2.05) is 30.3 Å². The number of methoxy groups -OCH3 is 1. The lowest BCUT2D eigenvalue weighted by Crippen LogP contribution is -2.32. The standard InChI is InChI=1S/C17H20N2O3S/c1-22-7-6-19-11-12(8-16(19)20)10-18-17(21)15-9-13-4-2-3-5-14(13)23-15/h2-5,9,12H,6-8,10-11H2,1H3,(H,18,21)/t12-/m0/s1. The molecule has 1 aromatic carbocycles. The van der Waals surface area contributed by atoms with Crippen molar-refractivity contribution in [1.29, 1.82) is 0 Å². The molecule has 1 fully saturated rings. The molecule has 1 saturated heterocycles. The van der Waals surface area contributed by atoms with Gasteiger partial charge in [-0.1, -0.05) is 18.2 Å². The summed E-state index contributed by atoms with van der Waals surface area (Å²) in [5, 5.41) is 4.05. The van der Waals surface area contributed by atoms with E-state index in [4.69, 9.17) is 4.74 Å². The molecule has 2 heterocycles. The molecule has 0 spiro atoms. The molecule has 0 saturated carbocycles. The lowest BCUT2D eigenvalue weighted by atomic mass is 10.1. The minimum atomic E-state index is -0.0611. The summed E-state index contributed by atoms with van der Waals surface area (Å²) in [4.78, 5) is 26.7. The Morgan fingerprint density at radius 3 is 3.04 bits per heavy atom. The van der Waals surface area contributed by atoms with E-state index in [1.165, 1.54) is 11.3 Å². The number of likely N-dealkylation sites (tertiary alicyclic amines) is 1. The lowest BCUT2D eigenvalue weighted by Gasteiger charge is -2.16. The van der Waals surface area contributed by atoms with E-state index in [1.54, 1.807) is 12.0 Å². The van der Waals surface area contributed by atoms with Crippen LogP contribution in [0.3, 0.4) is 0 Å². The van der Waals surface area contributed by atoms with Crippen LogP contribution < -0.4 is 5.32 Å². The van der Waals surface area contributed by atoms with E-state index in [0.29, 0.717) is 37.5 Å². The van der Waals surface area contributed by atoms with Crippen molar-refractivity contribution in [3.8, 4) is 0 Å². The fourth-order valence-corrected chi connectivity index (χ4v) is 3.81. The molecule has 0 radical (unpaired) electrons. The number of amides is 2. The smallest absolute Gasteiger partial charge is 0.261 e. The number of hydrogen-bond acceptors (Lipinski definition) is 4. The van der Waals surface area contributed by atoms with Crippen LogP contribution in [0.15, 0.2) is 30.3 Å². The zero-order valence-electron chi connectivity index (χ0n) is 13.1. The van der Waals surface area contributed by atoms with Crippen molar-refractivity contribution < 1.29 is 14.3 Å². The Balaban J connectivity index is 1.54. The number of thiophene rings is 1. The van der Waals surface area contributed by atoms with Crippen LogP contribution in [0.2, 0.25) is 0 Å². The minimum absolute atomic E-state index is 0.0611. The summed E-state index contributed by atoms with van der Waals surface area (Å²) in [6.45, 7) is 2.39. The Morgan fingerprint density at radius 2 is 2.26 bits per heavy atom. The molecule has 1 N–H and O–H groups in total. The highest BCUT2D eigenvalue weighted by molar-refractivity contribution is 7.20. The molecule has 2 aromatic rings. The number of ether oxygens (including phenoxy) is 1. The zero-order chi connectivity index (χ0) is 16.2. The van der Waals surface area contributed by atoms with E-state index in [2.05, 4.69) is 5.32 Å². The summed E-state index contributed by atoms with van der Waals surface area (Å²) in [5.74, 6) is 0.259. The Morgan fingerprint density at radius 1 is 1.43 bits per heavy atom. The first kappa shape index (κ1) is 16.0. The van der Waals surface area contributed by atoms with Crippen LogP contribution in [0, 0.1) is 5.92 Å². The van der Waals surface area contributed by atoms with Crippen LogP contribution >= 0.6 is 11.3 Å². The number of rotatable bonds is 6. The molecule has 1 atom stereocenters. The van der Waals surface area contributed by atoms with Crippen molar-refractivity contribution in [1.82, 2.24) is 10.2 Å². The average molecular weight is 332 g/mol. The largest absolute Gasteiger partial charge is 0.383 e. The van der Waals surface area contributed by atoms with Gasteiger partial charge in [0, 0.05) is 43.8 Å². The zero-order valence-corrected chi connectivity index (χ0v) is 13.9. The first-order valence-electron chi connectivity index (χ1n) is 7.71. The number of carbonyl (C=O) groups is 2. The van der Waals surface area contributed by atoms with Crippen molar-refractivity contribution in [3.05, 3.63) is 35.2 Å². The normalized spacial score (nSPS) is 17.9. The maximum absolute atomic E-state index is 12.3. The van der Waals surface area contributed by atoms with Crippen LogP contribution in [0.4, 0.5) is 0 Å². The van der Waals surface area contributed by atoms with E-state index in [9.17, 15) is 9.59 Å². The average Bonchev–Trinajstić information content (AvgIpc) is 3.14. The highest BCUT2D eigenvalue weighted by Crippen LogP contribution is 2.25. The Kier molecular flexibility index (Phi) is 4.93. The monoisotopic (exact) mass is 332 g/mol. The molecule has 1 aliphatic heterocycles. The van der Waals surface area contributed by atoms with Crippen molar-refractivity contribution in [3.63, 3.8) is 0 Å². The molecule has 1 aliphatic rings. The minimum Gasteiger partial charge on any atom is -0.383 e. The Labute approximate surface area is 139 Å². The summed E-state index contributed by atoms with van der Waals surface area (Å²) in [6, 6.07) is 9.88. The number of nitrogens with one attached hydrogen (secondary N) is 1. The topological polar surface area (TPSA) is 58.6 Å². The Hall–Kier alpha value is -1.92. The van der Waals surface area contributed by atoms with Crippen LogP contribution in [0.5, 0.6) is 0 Å². The third kappa shape index (κ3) is 3.71. The van der Waals surface area contributed by atoms with Gasteiger partial charge in [0.1, 0.15) is 0 Å². The van der Waals surface area contributed by atoms with Gasteiger partial charge in [0.25, 0.3) is 5.91 Å². The van der Waals surface area contributed by atoms with Gasteiger partial charge in [-0.15, -0.1) is 11.3 Å². The Bertz CT molecular complexity index is 680. The van der Waals surface area contributed by atoms with Crippen molar-refractivity contribution in [2.75, 3.05) is 33.4 Å². The SMILES string of the molecule is COCCN1C[C@H](CNC(=O)c2cc3ccccc3s2)CC1=O. The number of fused-ring (bicyclic) bond motifs is 1. The second-order valence-electron chi connectivity index (χ2n) is 5.76. The molecule has 0 bridgehead atoms. The van der Waals surface area contributed by atoms with Gasteiger partial charge in [0.2, 0.25) is 5.91 Å². The van der Waals surface area contributed by atoms with E-state index < -0.39 is 0 Å². The molecule has 1 aromatic heterocycles. The highest BCUT2D eigenvalue weighted by Gasteiger charge is 2.29. The number of carbonyl (C=O) groups excluding carboxylic acids is 2. The molecule has 2 amide bonds. The van der Waals surface area contributed by atoms with Gasteiger partial charge in [0.15, 0.2) is 0 Å². The van der Waals surface area contributed by atoms with Crippen molar-refractivity contribution >= 4 is 33.2 Å². The molecular weight excluding hydrogens is 312 g/mol. The second-order valence-corrected chi connectivity index (χ2v) is 6.84. The first-order valence-corrected chi connectivity index (χ1v) is 8.52. The number of benzene rings is 1. The van der Waals surface area contributed by atoms with E-state index >= 15 is 0 Å². The maximum atomic E-state index is 12.3. The van der Waals surface area contributed by atoms with Crippen molar-refractivity contribution in [2.24, 2.45) is 5.92 Å². The van der Waals surface area contributed by atoms with Gasteiger partial charge in [0.05, 0.1) is 11.5 Å². The predicted molar refractivity (Wildman–Crippen MR) is 90.7 cm³/mol. The molecule has 23 heavy (non-hydrogen) atoms. The third-order valence-electron chi connectivity index (χ3n) is 4.06. The fourth-order valence-electron chi connectivity index (χ4n) is 2.83. The van der Waals surface area contributed by atoms with Gasteiger partial charge >= 0.3 is 0 Å². The summed E-state index contributed by atoms with van der Waals surface area (Å²) >= 11 is 1.49. The second kappa shape index (κ2) is 7.10. The van der Waals surface area contributed by atoms with E-state index in [-0.39, 0.29) is 17.7 Å². The van der Waals surface area contributed by atoms with Crippen LogP contribution in [-0.2, 0) is 9.53 Å². The molecule has 5 nitrogen and oxygen atoms in total. The van der Waals surface area contributed by atoms with E-state index in [0.717, 1.165) is 10.1 Å². The van der Waals surface area contributed by atoms with Gasteiger partial charge in [-0.05, 0) is 17.5 Å². The third-order valence-corrected chi connectivity index (χ3v) is 5.18. The molecule has 0 unspecified atom stereocenters. The predicted octanol–water partition coefficient (Wildman–Crippen LogP) is 2.13. The highest BCUT2D eigenvalue weighted by atomic mass is 32.1. The molecule has 0 aliphatic carbocycles. The van der Waals surface area contributed by atoms with Gasteiger partial charge in [-0.2, -0.15) is 0 Å². The van der Waals surface area contributed by atoms with Crippen molar-refractivity contribution in [2.45, 2.75) is 6.42 Å². The van der Waals surface area contributed by atoms with Gasteiger partial charge in [-0.3, -0.25) is 9.59 Å². The van der Waals surface area contributed by atoms with Gasteiger partial charge in [-0.25, -0.2) is 0 Å². The quantitative estimate of drug-likeness (QED) is 0.881. The summed E-state index contributed by atoms with van der Waals surface area (Å²) in [5.41, 5.74) is 0. The number of hydrogen-bond donors (Lipinski definition) is 1. The fraction of sp³-hybridized carbons (Fsp3) is 0.412. The molecular formula is C17H20N2O3S. The first-order chi connectivity index (χ1) is 11.2. The molecule has 122 valence electrons. The molecule has 6 heteroatoms. The maximum Gasteiger partial charge on any atom is 0.261 e. The molecule has 3 rings (SSSR count). The lowest BCUT2D eigenvalue weighted by molar-refractivity contribution is -0.128. The summed E-state index contributed by atoms with van der Waals surface area (Å²) < 4.78 is 6.12. The number of nitrogens with zero attached hydrogens (tertiary/aromatic N) is 1. The van der Waals surface area contributed by atoms with Crippen LogP contribution in [-0.4, -0.2) is 50.1 Å². The van der Waals surface area contributed by atoms with Crippen LogP contribution in [0.25, 0.3) is 10.1 Å². The summed E-state index contributed by atoms with van der Waals surface area (Å²) in [7, 11) is 1.63. The summed E-state index contributed by atoms with van der Waals surface area (Å²) in [6.07, 6.45) is 0.496. The van der Waals surface area contributed by atoms with Gasteiger partial charge < -0.3 is 15.0 Å².